The van der Waals surface area contributed by atoms with E-state index in [0.717, 1.165) is 25.7 Å². The Kier molecular flexibility index (Phi) is 7.63. The molecule has 0 saturated heterocycles. The van der Waals surface area contributed by atoms with Crippen molar-refractivity contribution in [2.75, 3.05) is 6.61 Å². The van der Waals surface area contributed by atoms with Crippen molar-refractivity contribution in [2.45, 2.75) is 64.5 Å². The van der Waals surface area contributed by atoms with Gasteiger partial charge in [0.1, 0.15) is 0 Å². The van der Waals surface area contributed by atoms with Crippen molar-refractivity contribution in [3.63, 3.8) is 0 Å². The molecule has 0 fully saturated rings. The first-order valence-corrected chi connectivity index (χ1v) is 11.8. The molecule has 2 rings (SSSR count). The van der Waals surface area contributed by atoms with Crippen LogP contribution in [0.5, 0.6) is 0 Å². The Balaban J connectivity index is 2.32. The molecule has 0 aromatic heterocycles. The maximum atomic E-state index is 10.0. The fourth-order valence-electron chi connectivity index (χ4n) is 3.78. The molecule has 26 heavy (non-hydrogen) atoms. The zero-order valence-electron chi connectivity index (χ0n) is 16.7. The van der Waals surface area contributed by atoms with Gasteiger partial charge in [-0.3, -0.25) is 0 Å². The smallest absolute Gasteiger partial charge is 0.261 e. The van der Waals surface area contributed by atoms with Crippen molar-refractivity contribution in [1.29, 1.82) is 0 Å². The van der Waals surface area contributed by atoms with Gasteiger partial charge in [-0.05, 0) is 34.7 Å². The van der Waals surface area contributed by atoms with E-state index in [-0.39, 0.29) is 11.1 Å². The second-order valence-corrected chi connectivity index (χ2v) is 12.4. The van der Waals surface area contributed by atoms with Crippen LogP contribution in [-0.2, 0) is 4.43 Å². The average Bonchev–Trinajstić information content (AvgIpc) is 2.62. The molecular weight excluding hydrogens is 336 g/mol. The normalized spacial score (nSPS) is 13.6. The minimum absolute atomic E-state index is 0.0116. The summed E-state index contributed by atoms with van der Waals surface area (Å²) in [5.74, 6) is 0. The van der Waals surface area contributed by atoms with Crippen LogP contribution < -0.4 is 10.4 Å². The van der Waals surface area contributed by atoms with Gasteiger partial charge in [0.2, 0.25) is 0 Å². The van der Waals surface area contributed by atoms with Crippen LogP contribution in [0.3, 0.4) is 0 Å². The molecule has 2 aromatic rings. The summed E-state index contributed by atoms with van der Waals surface area (Å²) in [5, 5.41) is 12.7. The third-order valence-corrected chi connectivity index (χ3v) is 10.1. The highest BCUT2D eigenvalue weighted by molar-refractivity contribution is 6.99. The van der Waals surface area contributed by atoms with Gasteiger partial charge in [-0.1, -0.05) is 94.8 Å². The van der Waals surface area contributed by atoms with Crippen LogP contribution in [0.15, 0.2) is 60.7 Å². The maximum Gasteiger partial charge on any atom is 0.261 e. The van der Waals surface area contributed by atoms with Crippen LogP contribution in [0.4, 0.5) is 0 Å². The molecule has 0 aliphatic rings. The Morgan fingerprint density at radius 3 is 1.81 bits per heavy atom. The molecule has 0 bridgehead atoms. The Bertz CT molecular complexity index is 595. The summed E-state index contributed by atoms with van der Waals surface area (Å²) < 4.78 is 6.82. The van der Waals surface area contributed by atoms with Gasteiger partial charge >= 0.3 is 0 Å². The van der Waals surface area contributed by atoms with E-state index in [0.29, 0.717) is 6.61 Å². The molecule has 0 aliphatic carbocycles. The maximum absolute atomic E-state index is 10.0. The van der Waals surface area contributed by atoms with E-state index in [2.05, 4.69) is 88.4 Å². The lowest BCUT2D eigenvalue weighted by atomic mass is 10.1. The van der Waals surface area contributed by atoms with Crippen molar-refractivity contribution in [3.05, 3.63) is 60.7 Å². The predicted octanol–water partition coefficient (Wildman–Crippen LogP) is 4.50. The minimum Gasteiger partial charge on any atom is -0.407 e. The highest BCUT2D eigenvalue weighted by Gasteiger charge is 2.49. The molecule has 1 unspecified atom stereocenters. The van der Waals surface area contributed by atoms with Crippen LogP contribution in [0.2, 0.25) is 5.04 Å². The Morgan fingerprint density at radius 2 is 1.38 bits per heavy atom. The zero-order chi connectivity index (χ0) is 19.0. The summed E-state index contributed by atoms with van der Waals surface area (Å²) in [6.45, 7) is 9.69. The van der Waals surface area contributed by atoms with Gasteiger partial charge in [-0.2, -0.15) is 0 Å². The lowest BCUT2D eigenvalue weighted by Gasteiger charge is -2.43. The first kappa shape index (κ1) is 20.9. The minimum atomic E-state index is -2.42. The van der Waals surface area contributed by atoms with Crippen LogP contribution in [0.1, 0.15) is 53.4 Å². The van der Waals surface area contributed by atoms with E-state index in [1.807, 2.05) is 0 Å². The summed E-state index contributed by atoms with van der Waals surface area (Å²) in [6.07, 6.45) is 3.40. The van der Waals surface area contributed by atoms with E-state index >= 15 is 0 Å². The lowest BCUT2D eigenvalue weighted by Crippen LogP contribution is -2.66. The van der Waals surface area contributed by atoms with Crippen LogP contribution in [-0.4, -0.2) is 26.1 Å². The number of hydrogen-bond acceptors (Lipinski definition) is 2. The SMILES string of the molecule is CCCC(O)CCCO[Si](c1ccccc1)(c1ccccc1)C(C)(C)C. The first-order valence-electron chi connectivity index (χ1n) is 9.85. The quantitative estimate of drug-likeness (QED) is 0.520. The third-order valence-electron chi connectivity index (χ3n) is 5.04. The van der Waals surface area contributed by atoms with E-state index in [9.17, 15) is 5.11 Å². The molecule has 0 radical (unpaired) electrons. The molecule has 0 amide bonds. The Hall–Kier alpha value is -1.42. The molecule has 1 atom stereocenters. The topological polar surface area (TPSA) is 29.5 Å². The van der Waals surface area contributed by atoms with Crippen molar-refractivity contribution in [3.8, 4) is 0 Å². The van der Waals surface area contributed by atoms with Crippen LogP contribution in [0.25, 0.3) is 0 Å². The van der Waals surface area contributed by atoms with Gasteiger partial charge in [-0.15, -0.1) is 0 Å². The Morgan fingerprint density at radius 1 is 0.885 bits per heavy atom. The molecule has 0 spiro atoms. The average molecular weight is 371 g/mol. The van der Waals surface area contributed by atoms with Gasteiger partial charge in [0.15, 0.2) is 0 Å². The van der Waals surface area contributed by atoms with E-state index in [4.69, 9.17) is 4.43 Å². The highest BCUT2D eigenvalue weighted by Crippen LogP contribution is 2.36. The summed E-state index contributed by atoms with van der Waals surface area (Å²) in [7, 11) is -2.42. The number of hydrogen-bond donors (Lipinski definition) is 1. The standard InChI is InChI=1S/C23H34O2Si/c1-5-13-20(24)14-12-19-25-26(23(2,3)4,21-15-8-6-9-16-21)22-17-10-7-11-18-22/h6-11,15-18,20,24H,5,12-14,19H2,1-4H3. The largest absolute Gasteiger partial charge is 0.407 e. The monoisotopic (exact) mass is 370 g/mol. The van der Waals surface area contributed by atoms with Crippen molar-refractivity contribution in [1.82, 2.24) is 0 Å². The summed E-state index contributed by atoms with van der Waals surface area (Å²) >= 11 is 0. The predicted molar refractivity (Wildman–Crippen MR) is 114 cm³/mol. The van der Waals surface area contributed by atoms with Crippen LogP contribution >= 0.6 is 0 Å². The number of benzene rings is 2. The summed E-state index contributed by atoms with van der Waals surface area (Å²) in [6, 6.07) is 21.5. The molecule has 2 aromatic carbocycles. The summed E-state index contributed by atoms with van der Waals surface area (Å²) in [4.78, 5) is 0. The van der Waals surface area contributed by atoms with Gasteiger partial charge in [0.05, 0.1) is 6.10 Å². The second kappa shape index (κ2) is 9.49. The second-order valence-electron chi connectivity index (χ2n) is 8.10. The van der Waals surface area contributed by atoms with Crippen molar-refractivity contribution < 1.29 is 9.53 Å². The third kappa shape index (κ3) is 4.85. The number of rotatable bonds is 9. The van der Waals surface area contributed by atoms with E-state index < -0.39 is 8.32 Å². The number of aliphatic hydroxyl groups excluding tert-OH is 1. The van der Waals surface area contributed by atoms with Gasteiger partial charge in [0, 0.05) is 6.61 Å². The summed E-state index contributed by atoms with van der Waals surface area (Å²) in [5.41, 5.74) is 0. The molecular formula is C23H34O2Si. The van der Waals surface area contributed by atoms with E-state index in [1.54, 1.807) is 0 Å². The lowest BCUT2D eigenvalue weighted by molar-refractivity contribution is 0.141. The van der Waals surface area contributed by atoms with E-state index in [1.165, 1.54) is 10.4 Å². The molecule has 0 saturated carbocycles. The fourth-order valence-corrected chi connectivity index (χ4v) is 8.39. The first-order chi connectivity index (χ1) is 12.4. The molecule has 0 aliphatic heterocycles. The van der Waals surface area contributed by atoms with Crippen molar-refractivity contribution >= 4 is 18.7 Å². The molecule has 1 N–H and O–H groups in total. The molecule has 3 heteroatoms. The van der Waals surface area contributed by atoms with Crippen LogP contribution in [0, 0.1) is 0 Å². The molecule has 0 heterocycles. The molecule has 2 nitrogen and oxygen atoms in total. The van der Waals surface area contributed by atoms with Crippen molar-refractivity contribution in [2.24, 2.45) is 0 Å². The van der Waals surface area contributed by atoms with Gasteiger partial charge in [-0.25, -0.2) is 0 Å². The molecule has 142 valence electrons. The Labute approximate surface area is 160 Å². The van der Waals surface area contributed by atoms with Gasteiger partial charge in [0.25, 0.3) is 8.32 Å². The fraction of sp³-hybridized carbons (Fsp3) is 0.478. The van der Waals surface area contributed by atoms with Gasteiger partial charge < -0.3 is 9.53 Å². The zero-order valence-corrected chi connectivity index (χ0v) is 17.7. The number of aliphatic hydroxyl groups is 1. The highest BCUT2D eigenvalue weighted by atomic mass is 28.4.